The summed E-state index contributed by atoms with van der Waals surface area (Å²) in [6.45, 7) is 8.84. The van der Waals surface area contributed by atoms with Crippen molar-refractivity contribution in [2.24, 2.45) is 46.3 Å². The molecule has 0 unspecified atom stereocenters. The summed E-state index contributed by atoms with van der Waals surface area (Å²) in [6, 6.07) is 0. The van der Waals surface area contributed by atoms with Crippen LogP contribution in [0, 0.1) is 46.3 Å². The molecule has 2 nitrogen and oxygen atoms in total. The largest absolute Gasteiger partial charge is 0.300 e. The Bertz CT molecular complexity index is 566. The zero-order valence-corrected chi connectivity index (χ0v) is 15.9. The third kappa shape index (κ3) is 2.13. The summed E-state index contributed by atoms with van der Waals surface area (Å²) in [4.78, 5) is 25.6. The Labute approximate surface area is 147 Å². The number of carbonyl (C=O) groups is 2. The van der Waals surface area contributed by atoms with Gasteiger partial charge in [0.25, 0.3) is 0 Å². The third-order valence-electron chi connectivity index (χ3n) is 9.10. The van der Waals surface area contributed by atoms with Gasteiger partial charge in [0.1, 0.15) is 11.6 Å². The van der Waals surface area contributed by atoms with Crippen LogP contribution < -0.4 is 0 Å². The van der Waals surface area contributed by atoms with Crippen LogP contribution >= 0.6 is 0 Å². The molecule has 2 heteroatoms. The summed E-state index contributed by atoms with van der Waals surface area (Å²) >= 11 is 0. The summed E-state index contributed by atoms with van der Waals surface area (Å²) < 4.78 is 0. The molecular weight excluding hydrogens is 296 g/mol. The van der Waals surface area contributed by atoms with Crippen molar-refractivity contribution in [2.75, 3.05) is 0 Å². The summed E-state index contributed by atoms with van der Waals surface area (Å²) in [5.74, 6) is 3.97. The molecule has 24 heavy (non-hydrogen) atoms. The second kappa shape index (κ2) is 5.42. The first-order chi connectivity index (χ1) is 11.3. The summed E-state index contributed by atoms with van der Waals surface area (Å²) in [5, 5.41) is 0. The minimum Gasteiger partial charge on any atom is -0.300 e. The molecule has 4 aliphatic carbocycles. The van der Waals surface area contributed by atoms with Crippen molar-refractivity contribution in [1.82, 2.24) is 0 Å². The van der Waals surface area contributed by atoms with Crippen LogP contribution in [0.1, 0.15) is 79.1 Å². The number of hydrogen-bond donors (Lipinski definition) is 0. The monoisotopic (exact) mass is 330 g/mol. The first-order valence-corrected chi connectivity index (χ1v) is 10.3. The lowest BCUT2D eigenvalue weighted by atomic mass is 9.44. The molecule has 0 aliphatic heterocycles. The second-order valence-electron chi connectivity index (χ2n) is 10.3. The maximum absolute atomic E-state index is 13.4. The Morgan fingerprint density at radius 2 is 1.79 bits per heavy atom. The van der Waals surface area contributed by atoms with Crippen molar-refractivity contribution >= 4 is 11.6 Å². The van der Waals surface area contributed by atoms with E-state index in [1.54, 1.807) is 6.92 Å². The minimum absolute atomic E-state index is 0.0464. The van der Waals surface area contributed by atoms with E-state index < -0.39 is 0 Å². The molecular formula is C22H34O2. The average molecular weight is 331 g/mol. The molecule has 0 N–H and O–H groups in total. The topological polar surface area (TPSA) is 34.1 Å². The van der Waals surface area contributed by atoms with Gasteiger partial charge in [0.2, 0.25) is 0 Å². The molecule has 134 valence electrons. The molecule has 4 fully saturated rings. The van der Waals surface area contributed by atoms with E-state index in [1.165, 1.54) is 38.5 Å². The number of hydrogen-bond acceptors (Lipinski definition) is 2. The van der Waals surface area contributed by atoms with Gasteiger partial charge in [-0.05, 0) is 80.0 Å². The second-order valence-corrected chi connectivity index (χ2v) is 10.3. The van der Waals surface area contributed by atoms with Gasteiger partial charge < -0.3 is 0 Å². The minimum atomic E-state index is -0.0464. The van der Waals surface area contributed by atoms with E-state index in [-0.39, 0.29) is 22.7 Å². The highest BCUT2D eigenvalue weighted by molar-refractivity contribution is 5.87. The highest BCUT2D eigenvalue weighted by Crippen LogP contribution is 2.66. The predicted molar refractivity (Wildman–Crippen MR) is 95.5 cm³/mol. The lowest BCUT2D eigenvalue weighted by Gasteiger charge is -2.60. The van der Waals surface area contributed by atoms with Crippen molar-refractivity contribution in [3.63, 3.8) is 0 Å². The summed E-state index contributed by atoms with van der Waals surface area (Å²) in [5.41, 5.74) is 0.192. The van der Waals surface area contributed by atoms with Gasteiger partial charge in [-0.2, -0.15) is 0 Å². The van der Waals surface area contributed by atoms with Crippen LogP contribution in [0.25, 0.3) is 0 Å². The van der Waals surface area contributed by atoms with E-state index in [9.17, 15) is 9.59 Å². The quantitative estimate of drug-likeness (QED) is 0.674. The maximum atomic E-state index is 13.4. The molecule has 0 heterocycles. The van der Waals surface area contributed by atoms with Crippen LogP contribution in [0.3, 0.4) is 0 Å². The maximum Gasteiger partial charge on any atom is 0.137 e. The van der Waals surface area contributed by atoms with Crippen molar-refractivity contribution in [3.05, 3.63) is 0 Å². The smallest absolute Gasteiger partial charge is 0.137 e. The first-order valence-electron chi connectivity index (χ1n) is 10.3. The fraction of sp³-hybridized carbons (Fsp3) is 0.909. The molecule has 4 rings (SSSR count). The van der Waals surface area contributed by atoms with E-state index in [0.717, 1.165) is 18.3 Å². The molecule has 4 saturated carbocycles. The van der Waals surface area contributed by atoms with Gasteiger partial charge in [0, 0.05) is 18.3 Å². The van der Waals surface area contributed by atoms with Crippen molar-refractivity contribution in [1.29, 1.82) is 0 Å². The molecule has 0 spiro atoms. The molecule has 8 atom stereocenters. The number of rotatable bonds is 1. The van der Waals surface area contributed by atoms with Crippen LogP contribution in [-0.4, -0.2) is 11.6 Å². The number of ketones is 2. The van der Waals surface area contributed by atoms with Gasteiger partial charge in [0.15, 0.2) is 0 Å². The zero-order chi connectivity index (χ0) is 17.3. The normalized spacial score (nSPS) is 53.9. The predicted octanol–water partition coefficient (Wildman–Crippen LogP) is 5.05. The first kappa shape index (κ1) is 16.8. The molecule has 0 saturated heterocycles. The summed E-state index contributed by atoms with van der Waals surface area (Å²) in [7, 11) is 0. The van der Waals surface area contributed by atoms with E-state index >= 15 is 0 Å². The van der Waals surface area contributed by atoms with Crippen LogP contribution in [-0.2, 0) is 9.59 Å². The van der Waals surface area contributed by atoms with Crippen molar-refractivity contribution < 1.29 is 9.59 Å². The highest BCUT2D eigenvalue weighted by Gasteiger charge is 2.63. The van der Waals surface area contributed by atoms with Gasteiger partial charge in [-0.15, -0.1) is 0 Å². The van der Waals surface area contributed by atoms with Gasteiger partial charge >= 0.3 is 0 Å². The number of Topliss-reactive ketones (excluding diaryl/α,β-unsaturated/α-hetero) is 2. The fourth-order valence-corrected chi connectivity index (χ4v) is 7.96. The molecule has 0 aromatic heterocycles. The van der Waals surface area contributed by atoms with E-state index in [1.807, 2.05) is 0 Å². The molecule has 0 aromatic rings. The average Bonchev–Trinajstić information content (AvgIpc) is 2.84. The van der Waals surface area contributed by atoms with Crippen LogP contribution in [0.2, 0.25) is 0 Å². The molecule has 0 amide bonds. The molecule has 0 aromatic carbocycles. The third-order valence-corrected chi connectivity index (χ3v) is 9.10. The lowest BCUT2D eigenvalue weighted by Crippen LogP contribution is -2.57. The van der Waals surface area contributed by atoms with Gasteiger partial charge in [-0.25, -0.2) is 0 Å². The lowest BCUT2D eigenvalue weighted by molar-refractivity contribution is -0.159. The van der Waals surface area contributed by atoms with Crippen LogP contribution in [0.4, 0.5) is 0 Å². The van der Waals surface area contributed by atoms with E-state index in [4.69, 9.17) is 0 Å². The Balaban J connectivity index is 1.68. The Morgan fingerprint density at radius 1 is 1.04 bits per heavy atom. The van der Waals surface area contributed by atoms with Crippen LogP contribution in [0.5, 0.6) is 0 Å². The molecule has 4 aliphatic rings. The van der Waals surface area contributed by atoms with E-state index in [2.05, 4.69) is 20.8 Å². The summed E-state index contributed by atoms with van der Waals surface area (Å²) in [6.07, 6.45) is 9.26. The van der Waals surface area contributed by atoms with Gasteiger partial charge in [-0.1, -0.05) is 27.2 Å². The van der Waals surface area contributed by atoms with E-state index in [0.29, 0.717) is 29.8 Å². The SMILES string of the molecule is CC(=O)[C@H]1CC[C@H]2[C@@H]3CC[C@H]4C[C@H](C)CC[C@]4(C)[C@H]3C(=O)C[C@]12C. The molecule has 0 radical (unpaired) electrons. The molecule has 0 bridgehead atoms. The zero-order valence-electron chi connectivity index (χ0n) is 15.9. The number of carbonyl (C=O) groups excluding carboxylic acids is 2. The van der Waals surface area contributed by atoms with Crippen LogP contribution in [0.15, 0.2) is 0 Å². The van der Waals surface area contributed by atoms with Crippen molar-refractivity contribution in [2.45, 2.75) is 79.1 Å². The fourth-order valence-electron chi connectivity index (χ4n) is 7.96. The standard InChI is InChI=1S/C22H34O2/c1-13-9-10-21(3)15(11-13)5-6-16-18-8-7-17(14(2)23)22(18,4)12-19(24)20(16)21/h13,15-18,20H,5-12H2,1-4H3/t13-,15+,16+,17-,18+,20-,21+,22-/m1/s1. The Morgan fingerprint density at radius 3 is 2.50 bits per heavy atom. The van der Waals surface area contributed by atoms with Gasteiger partial charge in [-0.3, -0.25) is 9.59 Å². The Hall–Kier alpha value is -0.660. The highest BCUT2D eigenvalue weighted by atomic mass is 16.1. The van der Waals surface area contributed by atoms with Gasteiger partial charge in [0.05, 0.1) is 0 Å². The Kier molecular flexibility index (Phi) is 3.79. The van der Waals surface area contributed by atoms with Crippen molar-refractivity contribution in [3.8, 4) is 0 Å². The number of fused-ring (bicyclic) bond motifs is 5.